The number of fused-ring (bicyclic) bond motifs is 1. The maximum atomic E-state index is 11.8. The minimum atomic E-state index is -0.631. The van der Waals surface area contributed by atoms with Gasteiger partial charge in [-0.2, -0.15) is 0 Å². The smallest absolute Gasteiger partial charge is 0.330 e. The predicted octanol–water partition coefficient (Wildman–Crippen LogP) is 2.96. The van der Waals surface area contributed by atoms with Crippen molar-refractivity contribution in [1.82, 2.24) is 0 Å². The summed E-state index contributed by atoms with van der Waals surface area (Å²) in [4.78, 5) is 22.4. The number of rotatable bonds is 7. The number of nitrogens with zero attached hydrogens (tertiary/aromatic N) is 1. The van der Waals surface area contributed by atoms with E-state index in [4.69, 9.17) is 18.9 Å². The van der Waals surface area contributed by atoms with Crippen molar-refractivity contribution < 1.29 is 28.7 Å². The molecule has 0 amide bonds. The quantitative estimate of drug-likeness (QED) is 0.247. The molecule has 0 atom stereocenters. The van der Waals surface area contributed by atoms with E-state index in [0.717, 1.165) is 6.08 Å². The van der Waals surface area contributed by atoms with Gasteiger partial charge < -0.3 is 18.9 Å². The molecule has 1 aliphatic heterocycles. The molecule has 0 saturated heterocycles. The highest BCUT2D eigenvalue weighted by atomic mass is 16.7. The fourth-order valence-electron chi connectivity index (χ4n) is 2.26. The van der Waals surface area contributed by atoms with E-state index in [-0.39, 0.29) is 31.3 Å². The zero-order valence-electron chi connectivity index (χ0n) is 13.6. The maximum Gasteiger partial charge on any atom is 0.330 e. The van der Waals surface area contributed by atoms with Gasteiger partial charge in [-0.1, -0.05) is 18.2 Å². The van der Waals surface area contributed by atoms with Gasteiger partial charge in [-0.3, -0.25) is 10.1 Å². The van der Waals surface area contributed by atoms with Crippen molar-refractivity contribution in [3.05, 3.63) is 64.2 Å². The lowest BCUT2D eigenvalue weighted by molar-refractivity contribution is -0.385. The van der Waals surface area contributed by atoms with Crippen LogP contribution in [-0.2, 0) is 9.53 Å². The van der Waals surface area contributed by atoms with Gasteiger partial charge in [0.05, 0.1) is 16.6 Å². The summed E-state index contributed by atoms with van der Waals surface area (Å²) in [6.07, 6.45) is 2.42. The van der Waals surface area contributed by atoms with Crippen molar-refractivity contribution in [3.63, 3.8) is 0 Å². The topological polar surface area (TPSA) is 97.1 Å². The van der Waals surface area contributed by atoms with E-state index in [2.05, 4.69) is 0 Å². The van der Waals surface area contributed by atoms with Crippen LogP contribution >= 0.6 is 0 Å². The van der Waals surface area contributed by atoms with Crippen molar-refractivity contribution in [2.45, 2.75) is 0 Å². The van der Waals surface area contributed by atoms with E-state index in [1.165, 1.54) is 18.2 Å². The maximum absolute atomic E-state index is 11.8. The molecule has 0 N–H and O–H groups in total. The molecule has 0 aromatic heterocycles. The van der Waals surface area contributed by atoms with Crippen LogP contribution in [0, 0.1) is 10.1 Å². The number of carbonyl (C=O) groups excluding carboxylic acids is 1. The van der Waals surface area contributed by atoms with Crippen molar-refractivity contribution in [2.24, 2.45) is 0 Å². The molecule has 0 fully saturated rings. The summed E-state index contributed by atoms with van der Waals surface area (Å²) in [5.74, 6) is 0.734. The van der Waals surface area contributed by atoms with Crippen molar-refractivity contribution in [1.29, 1.82) is 0 Å². The first-order valence-corrected chi connectivity index (χ1v) is 7.74. The van der Waals surface area contributed by atoms with E-state index < -0.39 is 10.9 Å². The van der Waals surface area contributed by atoms with Crippen LogP contribution in [0.2, 0.25) is 0 Å². The summed E-state index contributed by atoms with van der Waals surface area (Å²) in [6, 6.07) is 11.8. The molecule has 1 heterocycles. The molecule has 0 bridgehead atoms. The number of nitro groups is 1. The summed E-state index contributed by atoms with van der Waals surface area (Å²) in [6.45, 7) is 0.262. The lowest BCUT2D eigenvalue weighted by Gasteiger charge is -2.05. The number of carbonyl (C=O) groups is 1. The molecule has 2 aromatic carbocycles. The molecule has 2 aromatic rings. The van der Waals surface area contributed by atoms with E-state index in [1.54, 1.807) is 12.1 Å². The Morgan fingerprint density at radius 2 is 1.88 bits per heavy atom. The Bertz CT molecular complexity index is 833. The van der Waals surface area contributed by atoms with Crippen LogP contribution in [0.3, 0.4) is 0 Å². The molecule has 0 unspecified atom stereocenters. The molecule has 8 heteroatoms. The molecule has 0 radical (unpaired) electrons. The Balaban J connectivity index is 1.55. The van der Waals surface area contributed by atoms with Crippen molar-refractivity contribution in [3.8, 4) is 17.2 Å². The third kappa shape index (κ3) is 4.29. The predicted molar refractivity (Wildman–Crippen MR) is 91.1 cm³/mol. The number of hydrogen-bond acceptors (Lipinski definition) is 7. The standard InChI is InChI=1S/C18H15NO7/c20-18(24-9-8-23-14-4-2-1-3-5-14)7-6-13-10-16-17(26-12-25-16)11-15(13)19(21)22/h1-7,10-11H,8-9,12H2/b7-6+. The number of para-hydroxylation sites is 1. The Morgan fingerprint density at radius 3 is 2.62 bits per heavy atom. The van der Waals surface area contributed by atoms with Gasteiger partial charge in [0.1, 0.15) is 19.0 Å². The molecule has 26 heavy (non-hydrogen) atoms. The largest absolute Gasteiger partial charge is 0.490 e. The van der Waals surface area contributed by atoms with Gasteiger partial charge in [0.2, 0.25) is 6.79 Å². The fraction of sp³-hybridized carbons (Fsp3) is 0.167. The molecule has 134 valence electrons. The number of esters is 1. The average molecular weight is 357 g/mol. The van der Waals surface area contributed by atoms with Crippen LogP contribution in [0.4, 0.5) is 5.69 Å². The zero-order chi connectivity index (χ0) is 18.4. The van der Waals surface area contributed by atoms with Gasteiger partial charge in [0, 0.05) is 6.08 Å². The van der Waals surface area contributed by atoms with Crippen LogP contribution in [0.5, 0.6) is 17.2 Å². The highest BCUT2D eigenvalue weighted by Crippen LogP contribution is 2.38. The van der Waals surface area contributed by atoms with Crippen LogP contribution < -0.4 is 14.2 Å². The van der Waals surface area contributed by atoms with Crippen molar-refractivity contribution >= 4 is 17.7 Å². The van der Waals surface area contributed by atoms with E-state index in [0.29, 0.717) is 17.2 Å². The Labute approximate surface area is 148 Å². The molecule has 0 spiro atoms. The van der Waals surface area contributed by atoms with Gasteiger partial charge in [-0.25, -0.2) is 4.79 Å². The minimum Gasteiger partial charge on any atom is -0.490 e. The molecule has 8 nitrogen and oxygen atoms in total. The summed E-state index contributed by atoms with van der Waals surface area (Å²) in [7, 11) is 0. The summed E-state index contributed by atoms with van der Waals surface area (Å²) in [5, 5.41) is 11.2. The Kier molecular flexibility index (Phi) is 5.33. The number of hydrogen-bond donors (Lipinski definition) is 0. The minimum absolute atomic E-state index is 0.00309. The summed E-state index contributed by atoms with van der Waals surface area (Å²) >= 11 is 0. The SMILES string of the molecule is O=C(/C=C/c1cc2c(cc1[N+](=O)[O-])OCO2)OCCOc1ccccc1. The van der Waals surface area contributed by atoms with Crippen LogP contribution in [-0.4, -0.2) is 30.9 Å². The molecule has 0 saturated carbocycles. The third-order valence-electron chi connectivity index (χ3n) is 3.46. The van der Waals surface area contributed by atoms with Gasteiger partial charge in [0.15, 0.2) is 11.5 Å². The third-order valence-corrected chi connectivity index (χ3v) is 3.46. The van der Waals surface area contributed by atoms with E-state index in [1.807, 2.05) is 18.2 Å². The van der Waals surface area contributed by atoms with Crippen LogP contribution in [0.15, 0.2) is 48.5 Å². The Morgan fingerprint density at radius 1 is 1.15 bits per heavy atom. The van der Waals surface area contributed by atoms with Crippen molar-refractivity contribution in [2.75, 3.05) is 20.0 Å². The Hall–Kier alpha value is -3.55. The molecule has 1 aliphatic rings. The summed E-state index contributed by atoms with van der Waals surface area (Å²) < 4.78 is 20.7. The second kappa shape index (κ2) is 8.02. The highest BCUT2D eigenvalue weighted by Gasteiger charge is 2.22. The summed E-state index contributed by atoms with van der Waals surface area (Å²) in [5.41, 5.74) is 0.0300. The second-order valence-electron chi connectivity index (χ2n) is 5.18. The van der Waals surface area contributed by atoms with E-state index >= 15 is 0 Å². The van der Waals surface area contributed by atoms with Crippen LogP contribution in [0.25, 0.3) is 6.08 Å². The van der Waals surface area contributed by atoms with Gasteiger partial charge in [-0.05, 0) is 24.3 Å². The number of nitro benzene ring substituents is 1. The first-order valence-electron chi connectivity index (χ1n) is 7.74. The lowest BCUT2D eigenvalue weighted by atomic mass is 10.1. The first-order chi connectivity index (χ1) is 12.6. The first kappa shape index (κ1) is 17.3. The molecule has 0 aliphatic carbocycles. The van der Waals surface area contributed by atoms with Gasteiger partial charge >= 0.3 is 5.97 Å². The highest BCUT2D eigenvalue weighted by molar-refractivity contribution is 5.88. The van der Waals surface area contributed by atoms with Gasteiger partial charge in [0.25, 0.3) is 5.69 Å². The van der Waals surface area contributed by atoms with Crippen LogP contribution in [0.1, 0.15) is 5.56 Å². The zero-order valence-corrected chi connectivity index (χ0v) is 13.6. The van der Waals surface area contributed by atoms with E-state index in [9.17, 15) is 14.9 Å². The second-order valence-corrected chi connectivity index (χ2v) is 5.18. The number of benzene rings is 2. The van der Waals surface area contributed by atoms with Gasteiger partial charge in [-0.15, -0.1) is 0 Å². The average Bonchev–Trinajstić information content (AvgIpc) is 3.11. The molecular weight excluding hydrogens is 342 g/mol. The number of ether oxygens (including phenoxy) is 4. The molecule has 3 rings (SSSR count). The lowest BCUT2D eigenvalue weighted by Crippen LogP contribution is -2.10. The molecular formula is C18H15NO7. The normalized spacial score (nSPS) is 12.2. The monoisotopic (exact) mass is 357 g/mol. The fourth-order valence-corrected chi connectivity index (χ4v) is 2.26.